The van der Waals surface area contributed by atoms with Gasteiger partial charge in [0.15, 0.2) is 5.78 Å². The average Bonchev–Trinajstić information content (AvgIpc) is 2.60. The summed E-state index contributed by atoms with van der Waals surface area (Å²) in [5, 5.41) is 10.3. The number of halogens is 1. The molecule has 0 bridgehead atoms. The summed E-state index contributed by atoms with van der Waals surface area (Å²) in [5.41, 5.74) is 3.59. The molecule has 26 heavy (non-hydrogen) atoms. The second kappa shape index (κ2) is 9.40. The number of allylic oxidation sites excluding steroid dienone is 4. The number of ketones is 1. The van der Waals surface area contributed by atoms with E-state index in [-0.39, 0.29) is 23.4 Å². The third kappa shape index (κ3) is 5.89. The smallest absolute Gasteiger partial charge is 0.152 e. The maximum Gasteiger partial charge on any atom is 0.152 e. The molecule has 2 nitrogen and oxygen atoms in total. The van der Waals surface area contributed by atoms with E-state index in [2.05, 4.69) is 26.0 Å². The Morgan fingerprint density at radius 1 is 1.04 bits per heavy atom. The molecule has 0 amide bonds. The van der Waals surface area contributed by atoms with Crippen LogP contribution in [0.5, 0.6) is 5.75 Å². The van der Waals surface area contributed by atoms with Crippen molar-refractivity contribution in [3.05, 3.63) is 88.5 Å². The van der Waals surface area contributed by atoms with E-state index < -0.39 is 0 Å². The summed E-state index contributed by atoms with van der Waals surface area (Å²) >= 11 is 6.03. The highest BCUT2D eigenvalue weighted by Gasteiger charge is 2.21. The van der Waals surface area contributed by atoms with Gasteiger partial charge in [-0.05, 0) is 73.6 Å². The maximum absolute atomic E-state index is 11.1. The number of carbonyl (C=O) groups is 1. The Labute approximate surface area is 160 Å². The van der Waals surface area contributed by atoms with E-state index in [0.717, 1.165) is 11.4 Å². The fourth-order valence-corrected chi connectivity index (χ4v) is 3.19. The molecule has 0 aromatic heterocycles. The van der Waals surface area contributed by atoms with Gasteiger partial charge in [-0.1, -0.05) is 60.5 Å². The fourth-order valence-electron chi connectivity index (χ4n) is 3.07. The van der Waals surface area contributed by atoms with Crippen LogP contribution in [0.15, 0.2) is 72.3 Å². The predicted octanol–water partition coefficient (Wildman–Crippen LogP) is 6.41. The van der Waals surface area contributed by atoms with E-state index in [4.69, 9.17) is 11.6 Å². The Morgan fingerprint density at radius 3 is 2.19 bits per heavy atom. The predicted molar refractivity (Wildman–Crippen MR) is 109 cm³/mol. The van der Waals surface area contributed by atoms with Crippen LogP contribution in [-0.4, -0.2) is 10.9 Å². The van der Waals surface area contributed by atoms with Crippen LogP contribution in [0, 0.1) is 0 Å². The molecule has 0 saturated carbocycles. The van der Waals surface area contributed by atoms with Crippen LogP contribution in [0.25, 0.3) is 0 Å². The summed E-state index contributed by atoms with van der Waals surface area (Å²) in [5.74, 6) is 0.831. The third-order valence-electron chi connectivity index (χ3n) is 4.57. The number of hydrogen-bond acceptors (Lipinski definition) is 2. The Bertz CT molecular complexity index is 786. The minimum atomic E-state index is 0.0404. The Kier molecular flexibility index (Phi) is 7.23. The van der Waals surface area contributed by atoms with Gasteiger partial charge in [0, 0.05) is 5.02 Å². The fraction of sp³-hybridized carbons (Fsp3) is 0.261. The molecule has 0 spiro atoms. The van der Waals surface area contributed by atoms with Crippen molar-refractivity contribution in [1.82, 2.24) is 0 Å². The van der Waals surface area contributed by atoms with Crippen molar-refractivity contribution in [2.75, 3.05) is 0 Å². The zero-order valence-corrected chi connectivity index (χ0v) is 16.2. The lowest BCUT2D eigenvalue weighted by Gasteiger charge is -2.25. The Hall–Kier alpha value is -2.32. The van der Waals surface area contributed by atoms with Gasteiger partial charge in [0.25, 0.3) is 0 Å². The molecule has 0 radical (unpaired) electrons. The number of phenols is 1. The SMILES string of the molecule is CC(=O)/C=C\C=C(\C)C[C@H](c1ccc(O)cc1)[C@@H](C)c1ccc(Cl)cc1. The Balaban J connectivity index is 2.30. The quantitative estimate of drug-likeness (QED) is 0.452. The molecule has 2 aromatic rings. The summed E-state index contributed by atoms with van der Waals surface area (Å²) in [6.07, 6.45) is 6.22. The van der Waals surface area contributed by atoms with E-state index in [1.807, 2.05) is 30.3 Å². The summed E-state index contributed by atoms with van der Waals surface area (Å²) in [4.78, 5) is 11.1. The first kappa shape index (κ1) is 20.0. The first-order valence-corrected chi connectivity index (χ1v) is 9.13. The third-order valence-corrected chi connectivity index (χ3v) is 4.83. The lowest BCUT2D eigenvalue weighted by Crippen LogP contribution is -2.09. The minimum Gasteiger partial charge on any atom is -0.508 e. The van der Waals surface area contributed by atoms with Gasteiger partial charge >= 0.3 is 0 Å². The average molecular weight is 369 g/mol. The number of benzene rings is 2. The van der Waals surface area contributed by atoms with Crippen molar-refractivity contribution in [1.29, 1.82) is 0 Å². The van der Waals surface area contributed by atoms with Crippen molar-refractivity contribution in [3.8, 4) is 5.75 Å². The number of carbonyl (C=O) groups excluding carboxylic acids is 1. The molecular formula is C23H25ClO2. The molecule has 2 rings (SSSR count). The molecule has 3 heteroatoms. The molecule has 0 fully saturated rings. The summed E-state index contributed by atoms with van der Waals surface area (Å²) in [7, 11) is 0. The second-order valence-corrected chi connectivity index (χ2v) is 7.16. The van der Waals surface area contributed by atoms with Crippen LogP contribution < -0.4 is 0 Å². The molecule has 0 unspecified atom stereocenters. The molecule has 2 aromatic carbocycles. The van der Waals surface area contributed by atoms with Gasteiger partial charge in [-0.25, -0.2) is 0 Å². The topological polar surface area (TPSA) is 37.3 Å². The van der Waals surface area contributed by atoms with E-state index in [0.29, 0.717) is 0 Å². The van der Waals surface area contributed by atoms with E-state index in [1.165, 1.54) is 16.7 Å². The van der Waals surface area contributed by atoms with Crippen LogP contribution in [0.4, 0.5) is 0 Å². The summed E-state index contributed by atoms with van der Waals surface area (Å²) < 4.78 is 0. The normalized spacial score (nSPS) is 14.4. The van der Waals surface area contributed by atoms with Crippen LogP contribution in [0.3, 0.4) is 0 Å². The maximum atomic E-state index is 11.1. The van der Waals surface area contributed by atoms with Gasteiger partial charge < -0.3 is 5.11 Å². The highest BCUT2D eigenvalue weighted by molar-refractivity contribution is 6.30. The molecule has 0 aliphatic rings. The van der Waals surface area contributed by atoms with Crippen molar-refractivity contribution in [2.24, 2.45) is 0 Å². The van der Waals surface area contributed by atoms with Crippen molar-refractivity contribution < 1.29 is 9.90 Å². The lowest BCUT2D eigenvalue weighted by molar-refractivity contribution is -0.112. The molecule has 0 aliphatic heterocycles. The van der Waals surface area contributed by atoms with Crippen molar-refractivity contribution >= 4 is 17.4 Å². The molecule has 0 saturated heterocycles. The highest BCUT2D eigenvalue weighted by atomic mass is 35.5. The monoisotopic (exact) mass is 368 g/mol. The van der Waals surface area contributed by atoms with Crippen molar-refractivity contribution in [3.63, 3.8) is 0 Å². The minimum absolute atomic E-state index is 0.0404. The first-order chi connectivity index (χ1) is 12.4. The zero-order chi connectivity index (χ0) is 19.1. The van der Waals surface area contributed by atoms with Gasteiger partial charge in [-0.2, -0.15) is 0 Å². The Morgan fingerprint density at radius 2 is 1.62 bits per heavy atom. The second-order valence-electron chi connectivity index (χ2n) is 6.73. The van der Waals surface area contributed by atoms with Gasteiger partial charge in [0.1, 0.15) is 5.75 Å². The van der Waals surface area contributed by atoms with E-state index in [1.54, 1.807) is 31.2 Å². The molecular weight excluding hydrogens is 344 g/mol. The highest BCUT2D eigenvalue weighted by Crippen LogP contribution is 2.38. The molecule has 2 atom stereocenters. The van der Waals surface area contributed by atoms with Crippen molar-refractivity contribution in [2.45, 2.75) is 39.0 Å². The zero-order valence-electron chi connectivity index (χ0n) is 15.4. The number of hydrogen-bond donors (Lipinski definition) is 1. The standard InChI is InChI=1S/C23H25ClO2/c1-16(5-4-6-17(2)25)15-23(20-9-13-22(26)14-10-20)18(3)19-7-11-21(24)12-8-19/h4-14,18,23,26H,15H2,1-3H3/b6-4-,16-5-/t18-,23-/m0/s1. The molecule has 0 aliphatic carbocycles. The number of phenolic OH excluding ortho intramolecular Hbond substituents is 1. The van der Waals surface area contributed by atoms with Gasteiger partial charge in [-0.3, -0.25) is 4.79 Å². The molecule has 1 N–H and O–H groups in total. The van der Waals surface area contributed by atoms with E-state index >= 15 is 0 Å². The van der Waals surface area contributed by atoms with Crippen LogP contribution in [0.1, 0.15) is 50.2 Å². The van der Waals surface area contributed by atoms with Gasteiger partial charge in [-0.15, -0.1) is 0 Å². The first-order valence-electron chi connectivity index (χ1n) is 8.75. The molecule has 0 heterocycles. The largest absolute Gasteiger partial charge is 0.508 e. The van der Waals surface area contributed by atoms with Crippen LogP contribution >= 0.6 is 11.6 Å². The lowest BCUT2D eigenvalue weighted by atomic mass is 9.79. The number of aromatic hydroxyl groups is 1. The van der Waals surface area contributed by atoms with Crippen LogP contribution in [-0.2, 0) is 4.79 Å². The summed E-state index contributed by atoms with van der Waals surface area (Å²) in [6, 6.07) is 15.4. The van der Waals surface area contributed by atoms with E-state index in [9.17, 15) is 9.90 Å². The number of rotatable bonds is 7. The van der Waals surface area contributed by atoms with Gasteiger partial charge in [0.2, 0.25) is 0 Å². The molecule has 136 valence electrons. The van der Waals surface area contributed by atoms with Crippen LogP contribution in [0.2, 0.25) is 5.02 Å². The van der Waals surface area contributed by atoms with Gasteiger partial charge in [0.05, 0.1) is 0 Å². The summed E-state index contributed by atoms with van der Waals surface area (Å²) in [6.45, 7) is 5.83.